The first kappa shape index (κ1) is 34.5. The van der Waals surface area contributed by atoms with Gasteiger partial charge in [0.05, 0.1) is 47.4 Å². The number of aromatic nitrogens is 3. The maximum absolute atomic E-state index is 11.8. The van der Waals surface area contributed by atoms with E-state index >= 15 is 0 Å². The summed E-state index contributed by atoms with van der Waals surface area (Å²) >= 11 is 14.4. The molecule has 2 aromatic heterocycles. The van der Waals surface area contributed by atoms with Crippen LogP contribution in [0.25, 0.3) is 33.6 Å². The highest BCUT2D eigenvalue weighted by molar-refractivity contribution is 6.39. The van der Waals surface area contributed by atoms with Gasteiger partial charge < -0.3 is 19.7 Å². The average Bonchev–Trinajstić information content (AvgIpc) is 3.71. The molecule has 9 rings (SSSR count). The Kier molecular flexibility index (Phi) is 8.41. The molecular weight excluding hydrogens is 713 g/mol. The Morgan fingerprint density at radius 3 is 2.15 bits per heavy atom. The molecule has 11 nitrogen and oxygen atoms in total. The lowest BCUT2D eigenvalue weighted by molar-refractivity contribution is -0.161. The molecule has 0 radical (unpaired) electrons. The number of nitrogens with zero attached hydrogens (tertiary/aromatic N) is 6. The number of aryl methyl sites for hydroxylation is 1. The molecule has 0 saturated carbocycles. The van der Waals surface area contributed by atoms with Gasteiger partial charge in [-0.3, -0.25) is 24.4 Å². The smallest absolute Gasteiger partial charge is 0.237 e. The van der Waals surface area contributed by atoms with Crippen molar-refractivity contribution in [3.8, 4) is 45.4 Å². The average molecular weight is 755 g/mol. The van der Waals surface area contributed by atoms with Gasteiger partial charge in [-0.25, -0.2) is 9.97 Å². The normalized spacial score (nSPS) is 21.2. The molecule has 0 bridgehead atoms. The molecule has 4 aromatic rings. The van der Waals surface area contributed by atoms with Crippen molar-refractivity contribution >= 4 is 35.0 Å². The van der Waals surface area contributed by atoms with Crippen molar-refractivity contribution in [2.45, 2.75) is 50.7 Å². The zero-order valence-electron chi connectivity index (χ0n) is 30.0. The van der Waals surface area contributed by atoms with E-state index in [2.05, 4.69) is 21.2 Å². The molecule has 2 amide bonds. The molecule has 2 spiro atoms. The molecule has 274 valence electrons. The predicted molar refractivity (Wildman–Crippen MR) is 202 cm³/mol. The highest BCUT2D eigenvalue weighted by Gasteiger charge is 2.55. The van der Waals surface area contributed by atoms with Crippen LogP contribution in [0, 0.1) is 5.41 Å². The Morgan fingerprint density at radius 1 is 0.887 bits per heavy atom. The molecule has 53 heavy (non-hydrogen) atoms. The van der Waals surface area contributed by atoms with Crippen LogP contribution in [-0.4, -0.2) is 100 Å². The van der Waals surface area contributed by atoms with Crippen LogP contribution in [0.1, 0.15) is 49.0 Å². The van der Waals surface area contributed by atoms with Crippen LogP contribution >= 0.6 is 23.2 Å². The van der Waals surface area contributed by atoms with E-state index in [1.165, 1.54) is 5.56 Å². The van der Waals surface area contributed by atoms with Gasteiger partial charge in [0.2, 0.25) is 23.6 Å². The number of benzene rings is 2. The van der Waals surface area contributed by atoms with E-state index in [1.807, 2.05) is 41.3 Å². The largest absolute Gasteiger partial charge is 0.481 e. The fourth-order valence-corrected chi connectivity index (χ4v) is 9.93. The van der Waals surface area contributed by atoms with Crippen LogP contribution in [0.2, 0.25) is 10.0 Å². The van der Waals surface area contributed by atoms with Gasteiger partial charge in [-0.15, -0.1) is 0 Å². The predicted octanol–water partition coefficient (Wildman–Crippen LogP) is 5.81. The lowest BCUT2D eigenvalue weighted by atomic mass is 9.72. The van der Waals surface area contributed by atoms with Gasteiger partial charge in [0, 0.05) is 98.4 Å². The number of hydrogen-bond donors (Lipinski definition) is 1. The number of fused-ring (bicyclic) bond motifs is 1. The van der Waals surface area contributed by atoms with Gasteiger partial charge in [-0.1, -0.05) is 59.6 Å². The summed E-state index contributed by atoms with van der Waals surface area (Å²) in [6.07, 6.45) is 5.13. The highest BCUT2D eigenvalue weighted by atomic mass is 35.5. The lowest BCUT2D eigenvalue weighted by Crippen LogP contribution is -2.72. The zero-order chi connectivity index (χ0) is 36.6. The van der Waals surface area contributed by atoms with Crippen molar-refractivity contribution in [1.82, 2.24) is 35.0 Å². The number of halogens is 2. The standard InChI is InChI=1S/C40H41Cl2N7O4/c1-23(50)48-17-39(18-48)19-49(20-39)32-11-10-24-14-29(44-38(53-3)34(24)32)27-8-4-6-25(35(27)41)26-7-5-9-28(36(26)42)30-15-43-31(37(45-30)52-2)16-47-21-40(22-47)13-12-33(51)46-40/h4-9,14-15,32H,10-13,16-22H2,1-3H3,(H,46,51)/t32-/m0/s1. The van der Waals surface area contributed by atoms with E-state index in [1.54, 1.807) is 27.3 Å². The molecule has 4 aliphatic heterocycles. The van der Waals surface area contributed by atoms with Crippen LogP contribution in [0.3, 0.4) is 0 Å². The van der Waals surface area contributed by atoms with E-state index in [-0.39, 0.29) is 28.8 Å². The van der Waals surface area contributed by atoms with E-state index in [4.69, 9.17) is 47.6 Å². The number of carbonyl (C=O) groups is 2. The molecule has 0 unspecified atom stereocenters. The maximum Gasteiger partial charge on any atom is 0.237 e. The number of nitrogens with one attached hydrogen (secondary N) is 1. The van der Waals surface area contributed by atoms with Gasteiger partial charge in [0.15, 0.2) is 0 Å². The Hall–Kier alpha value is -4.29. The van der Waals surface area contributed by atoms with Crippen LogP contribution < -0.4 is 14.8 Å². The van der Waals surface area contributed by atoms with E-state index in [0.29, 0.717) is 46.0 Å². The molecule has 1 atom stereocenters. The topological polar surface area (TPSA) is 113 Å². The van der Waals surface area contributed by atoms with Crippen LogP contribution in [0.15, 0.2) is 48.7 Å². The minimum Gasteiger partial charge on any atom is -0.481 e. The van der Waals surface area contributed by atoms with Gasteiger partial charge >= 0.3 is 0 Å². The van der Waals surface area contributed by atoms with Crippen molar-refractivity contribution < 1.29 is 19.1 Å². The van der Waals surface area contributed by atoms with Crippen LogP contribution in [0.4, 0.5) is 0 Å². The quantitative estimate of drug-likeness (QED) is 0.238. The fraction of sp³-hybridized carbons (Fsp3) is 0.425. The second kappa shape index (κ2) is 12.9. The Bertz CT molecular complexity index is 2160. The van der Waals surface area contributed by atoms with E-state index < -0.39 is 0 Å². The Morgan fingerprint density at radius 2 is 1.53 bits per heavy atom. The van der Waals surface area contributed by atoms with Gasteiger partial charge in [-0.05, 0) is 30.9 Å². The molecule has 4 saturated heterocycles. The SMILES string of the molecule is COc1nc(-c2cccc(-c3cccc(-c4cc5c(c(OC)n4)[C@@H](N4CC6(CN(C(C)=O)C6)C4)CC5)c3Cl)c2Cl)cnc1CN1CC2(CCC(=O)N2)C1. The summed E-state index contributed by atoms with van der Waals surface area (Å²) in [5, 5.41) is 4.18. The van der Waals surface area contributed by atoms with Crippen LogP contribution in [0.5, 0.6) is 11.8 Å². The van der Waals surface area contributed by atoms with Crippen LogP contribution in [-0.2, 0) is 22.6 Å². The lowest BCUT2D eigenvalue weighted by Gasteiger charge is -2.61. The maximum atomic E-state index is 11.8. The molecule has 5 aliphatic rings. The van der Waals surface area contributed by atoms with Crippen molar-refractivity contribution in [3.63, 3.8) is 0 Å². The number of amides is 2. The van der Waals surface area contributed by atoms with Crippen molar-refractivity contribution in [3.05, 3.63) is 75.5 Å². The molecule has 13 heteroatoms. The van der Waals surface area contributed by atoms with E-state index in [0.717, 1.165) is 92.2 Å². The second-order valence-corrected chi connectivity index (χ2v) is 16.2. The number of rotatable bonds is 8. The summed E-state index contributed by atoms with van der Waals surface area (Å²) < 4.78 is 11.6. The summed E-state index contributed by atoms with van der Waals surface area (Å²) in [6, 6.07) is 14.1. The summed E-state index contributed by atoms with van der Waals surface area (Å²) in [5.74, 6) is 1.36. The Labute approximate surface area is 318 Å². The molecule has 2 aromatic carbocycles. The third-order valence-electron chi connectivity index (χ3n) is 11.8. The number of ether oxygens (including phenoxy) is 2. The second-order valence-electron chi connectivity index (χ2n) is 15.4. The van der Waals surface area contributed by atoms with Gasteiger partial charge in [-0.2, -0.15) is 0 Å². The van der Waals surface area contributed by atoms with Crippen molar-refractivity contribution in [2.24, 2.45) is 5.41 Å². The molecule has 4 fully saturated rings. The highest BCUT2D eigenvalue weighted by Crippen LogP contribution is 2.50. The van der Waals surface area contributed by atoms with Crippen molar-refractivity contribution in [2.75, 3.05) is 53.5 Å². The zero-order valence-corrected chi connectivity index (χ0v) is 31.6. The molecule has 1 aliphatic carbocycles. The first-order chi connectivity index (χ1) is 25.6. The summed E-state index contributed by atoms with van der Waals surface area (Å²) in [5.41, 5.74) is 7.66. The minimum atomic E-state index is -0.105. The third kappa shape index (κ3) is 5.83. The monoisotopic (exact) mass is 753 g/mol. The number of likely N-dealkylation sites (tertiary alicyclic amines) is 3. The third-order valence-corrected chi connectivity index (χ3v) is 12.7. The first-order valence-electron chi connectivity index (χ1n) is 18.2. The molecule has 6 heterocycles. The molecule has 1 N–H and O–H groups in total. The first-order valence-corrected chi connectivity index (χ1v) is 18.9. The van der Waals surface area contributed by atoms with Gasteiger partial charge in [0.1, 0.15) is 5.69 Å². The number of hydrogen-bond acceptors (Lipinski definition) is 9. The summed E-state index contributed by atoms with van der Waals surface area (Å²) in [7, 11) is 3.28. The number of methoxy groups -OCH3 is 2. The van der Waals surface area contributed by atoms with Crippen molar-refractivity contribution in [1.29, 1.82) is 0 Å². The fourth-order valence-electron chi connectivity index (χ4n) is 9.28. The van der Waals surface area contributed by atoms with Gasteiger partial charge in [0.25, 0.3) is 0 Å². The molecular formula is C40H41Cl2N7O4. The number of pyridine rings is 1. The summed E-state index contributed by atoms with van der Waals surface area (Å²) in [4.78, 5) is 44.8. The Balaban J connectivity index is 0.958. The van der Waals surface area contributed by atoms with E-state index in [9.17, 15) is 9.59 Å². The number of carbonyl (C=O) groups excluding carboxylic acids is 2. The summed E-state index contributed by atoms with van der Waals surface area (Å²) in [6.45, 7) is 7.48. The minimum absolute atomic E-state index is 0.105.